The van der Waals surface area contributed by atoms with Crippen LogP contribution in [0, 0.1) is 11.3 Å². The molecule has 0 heterocycles. The summed E-state index contributed by atoms with van der Waals surface area (Å²) in [6, 6.07) is 3.59. The smallest absolute Gasteiger partial charge is 0.481 e. The lowest BCUT2D eigenvalue weighted by molar-refractivity contribution is -0.274. The fraction of sp³-hybridized carbons (Fsp3) is 0.273. The molecule has 1 rings (SSSR count). The summed E-state index contributed by atoms with van der Waals surface area (Å²) in [7, 11) is 0. The fourth-order valence-electron chi connectivity index (χ4n) is 1.41. The van der Waals surface area contributed by atoms with Gasteiger partial charge in [-0.2, -0.15) is 5.26 Å². The molecule has 0 saturated heterocycles. The maximum atomic E-state index is 12.2. The van der Waals surface area contributed by atoms with Gasteiger partial charge in [0, 0.05) is 5.56 Å². The van der Waals surface area contributed by atoms with E-state index in [0.29, 0.717) is 0 Å². The van der Waals surface area contributed by atoms with E-state index in [4.69, 9.17) is 22.0 Å². The van der Waals surface area contributed by atoms with Gasteiger partial charge in [-0.05, 0) is 17.7 Å². The number of carbonyl (C=O) groups is 1. The molecular formula is C11H7ClF3NO3. The van der Waals surface area contributed by atoms with Crippen molar-refractivity contribution in [3.63, 3.8) is 0 Å². The van der Waals surface area contributed by atoms with Crippen LogP contribution in [0.1, 0.15) is 16.7 Å². The van der Waals surface area contributed by atoms with Crippen LogP contribution in [0.3, 0.4) is 0 Å². The highest BCUT2D eigenvalue weighted by Gasteiger charge is 2.32. The van der Waals surface area contributed by atoms with Crippen molar-refractivity contribution in [1.82, 2.24) is 0 Å². The number of aliphatic carboxylic acids is 1. The van der Waals surface area contributed by atoms with Crippen LogP contribution < -0.4 is 4.74 Å². The van der Waals surface area contributed by atoms with Crippen molar-refractivity contribution in [2.24, 2.45) is 0 Å². The van der Waals surface area contributed by atoms with Crippen LogP contribution in [0.15, 0.2) is 12.1 Å². The highest BCUT2D eigenvalue weighted by atomic mass is 35.5. The molecule has 0 fully saturated rings. The lowest BCUT2D eigenvalue weighted by atomic mass is 10.0. The molecule has 0 radical (unpaired) electrons. The summed E-state index contributed by atoms with van der Waals surface area (Å²) in [6.45, 7) is 0. The number of halogens is 4. The number of hydrogen-bond acceptors (Lipinski definition) is 3. The van der Waals surface area contributed by atoms with Crippen LogP contribution in [-0.4, -0.2) is 17.4 Å². The maximum absolute atomic E-state index is 12.2. The summed E-state index contributed by atoms with van der Waals surface area (Å²) >= 11 is 5.49. The summed E-state index contributed by atoms with van der Waals surface area (Å²) in [4.78, 5) is 10.6. The maximum Gasteiger partial charge on any atom is 0.573 e. The fourth-order valence-corrected chi connectivity index (χ4v) is 1.62. The Balaban J connectivity index is 3.28. The molecule has 0 aliphatic heterocycles. The SMILES string of the molecule is N#Cc1cc(OC(F)(F)F)c(CCl)cc1CC(=O)O. The van der Waals surface area contributed by atoms with E-state index < -0.39 is 24.5 Å². The molecule has 0 atom stereocenters. The van der Waals surface area contributed by atoms with Gasteiger partial charge in [0.15, 0.2) is 0 Å². The molecule has 1 aromatic rings. The third kappa shape index (κ3) is 4.34. The second kappa shape index (κ2) is 5.80. The normalized spacial score (nSPS) is 10.9. The molecule has 0 spiro atoms. The molecule has 0 aliphatic carbocycles. The van der Waals surface area contributed by atoms with Crippen LogP contribution in [-0.2, 0) is 17.1 Å². The number of hydrogen-bond donors (Lipinski definition) is 1. The minimum atomic E-state index is -4.91. The third-order valence-corrected chi connectivity index (χ3v) is 2.41. The summed E-state index contributed by atoms with van der Waals surface area (Å²) in [5, 5.41) is 17.5. The van der Waals surface area contributed by atoms with Gasteiger partial charge < -0.3 is 9.84 Å². The summed E-state index contributed by atoms with van der Waals surface area (Å²) < 4.78 is 40.2. The summed E-state index contributed by atoms with van der Waals surface area (Å²) in [6.07, 6.45) is -5.40. The van der Waals surface area contributed by atoms with Gasteiger partial charge in [-0.25, -0.2) is 0 Å². The minimum absolute atomic E-state index is 0.0331. The molecule has 0 unspecified atom stereocenters. The Kier molecular flexibility index (Phi) is 4.62. The predicted octanol–water partition coefficient (Wildman–Crippen LogP) is 2.82. The molecule has 19 heavy (non-hydrogen) atoms. The number of rotatable bonds is 4. The molecule has 0 saturated carbocycles. The standard InChI is InChI=1S/C11H7ClF3NO3/c12-4-7-1-6(3-10(17)18)8(5-16)2-9(7)19-11(13,14)15/h1-2H,3-4H2,(H,17,18). The lowest BCUT2D eigenvalue weighted by Gasteiger charge is -2.14. The molecular weight excluding hydrogens is 287 g/mol. The van der Waals surface area contributed by atoms with Gasteiger partial charge in [-0.3, -0.25) is 4.79 Å². The lowest BCUT2D eigenvalue weighted by Crippen LogP contribution is -2.18. The van der Waals surface area contributed by atoms with Gasteiger partial charge in [0.25, 0.3) is 0 Å². The van der Waals surface area contributed by atoms with E-state index in [0.717, 1.165) is 12.1 Å². The first-order chi connectivity index (χ1) is 8.76. The van der Waals surface area contributed by atoms with Crippen LogP contribution >= 0.6 is 11.6 Å². The topological polar surface area (TPSA) is 70.3 Å². The van der Waals surface area contributed by atoms with Crippen molar-refractivity contribution >= 4 is 17.6 Å². The predicted molar refractivity (Wildman–Crippen MR) is 58.7 cm³/mol. The minimum Gasteiger partial charge on any atom is -0.481 e. The molecule has 0 aromatic heterocycles. The number of benzene rings is 1. The Labute approximate surface area is 111 Å². The van der Waals surface area contributed by atoms with E-state index in [-0.39, 0.29) is 22.6 Å². The van der Waals surface area contributed by atoms with E-state index >= 15 is 0 Å². The molecule has 0 bridgehead atoms. The molecule has 1 aromatic carbocycles. The van der Waals surface area contributed by atoms with Gasteiger partial charge in [0.1, 0.15) is 5.75 Å². The van der Waals surface area contributed by atoms with Crippen molar-refractivity contribution < 1.29 is 27.8 Å². The van der Waals surface area contributed by atoms with E-state index in [9.17, 15) is 18.0 Å². The van der Waals surface area contributed by atoms with Crippen LogP contribution in [0.5, 0.6) is 5.75 Å². The monoisotopic (exact) mass is 293 g/mol. The van der Waals surface area contributed by atoms with Crippen molar-refractivity contribution in [3.8, 4) is 11.8 Å². The molecule has 1 N–H and O–H groups in total. The number of ether oxygens (including phenoxy) is 1. The van der Waals surface area contributed by atoms with Crippen molar-refractivity contribution in [2.75, 3.05) is 0 Å². The molecule has 0 amide bonds. The van der Waals surface area contributed by atoms with Gasteiger partial charge in [0.05, 0.1) is 23.9 Å². The Morgan fingerprint density at radius 1 is 1.42 bits per heavy atom. The van der Waals surface area contributed by atoms with Gasteiger partial charge in [-0.15, -0.1) is 24.8 Å². The van der Waals surface area contributed by atoms with E-state index in [1.165, 1.54) is 0 Å². The zero-order valence-corrected chi connectivity index (χ0v) is 10.0. The van der Waals surface area contributed by atoms with Gasteiger partial charge >= 0.3 is 12.3 Å². The van der Waals surface area contributed by atoms with Gasteiger partial charge in [0.2, 0.25) is 0 Å². The summed E-state index contributed by atoms with van der Waals surface area (Å²) in [5.41, 5.74) is -0.148. The quantitative estimate of drug-likeness (QED) is 0.867. The Bertz CT molecular complexity index is 537. The van der Waals surface area contributed by atoms with Crippen LogP contribution in [0.4, 0.5) is 13.2 Å². The highest BCUT2D eigenvalue weighted by Crippen LogP contribution is 2.30. The van der Waals surface area contributed by atoms with Crippen LogP contribution in [0.2, 0.25) is 0 Å². The van der Waals surface area contributed by atoms with E-state index in [2.05, 4.69) is 4.74 Å². The Hall–Kier alpha value is -1.94. The number of carboxylic acids is 1. The van der Waals surface area contributed by atoms with Crippen molar-refractivity contribution in [3.05, 3.63) is 28.8 Å². The van der Waals surface area contributed by atoms with Gasteiger partial charge in [-0.1, -0.05) is 0 Å². The van der Waals surface area contributed by atoms with Crippen molar-refractivity contribution in [1.29, 1.82) is 5.26 Å². The second-order valence-electron chi connectivity index (χ2n) is 3.48. The zero-order chi connectivity index (χ0) is 14.6. The zero-order valence-electron chi connectivity index (χ0n) is 9.29. The van der Waals surface area contributed by atoms with Crippen molar-refractivity contribution in [2.45, 2.75) is 18.7 Å². The highest BCUT2D eigenvalue weighted by molar-refractivity contribution is 6.17. The number of carboxylic acid groups (broad SMARTS) is 1. The Morgan fingerprint density at radius 2 is 2.05 bits per heavy atom. The third-order valence-electron chi connectivity index (χ3n) is 2.12. The number of nitriles is 1. The average molecular weight is 294 g/mol. The number of alkyl halides is 4. The second-order valence-corrected chi connectivity index (χ2v) is 3.75. The molecule has 4 nitrogen and oxygen atoms in total. The molecule has 0 aliphatic rings. The van der Waals surface area contributed by atoms with E-state index in [1.807, 2.05) is 0 Å². The molecule has 102 valence electrons. The van der Waals surface area contributed by atoms with E-state index in [1.54, 1.807) is 6.07 Å². The first kappa shape index (κ1) is 15.1. The average Bonchev–Trinajstić information content (AvgIpc) is 2.27. The summed E-state index contributed by atoms with van der Waals surface area (Å²) in [5.74, 6) is -2.11. The first-order valence-corrected chi connectivity index (χ1v) is 5.39. The first-order valence-electron chi connectivity index (χ1n) is 4.86. The van der Waals surface area contributed by atoms with Crippen LogP contribution in [0.25, 0.3) is 0 Å². The molecule has 8 heteroatoms. The largest absolute Gasteiger partial charge is 0.573 e. The number of nitrogens with zero attached hydrogens (tertiary/aromatic N) is 1. The Morgan fingerprint density at radius 3 is 2.47 bits per heavy atom.